The van der Waals surface area contributed by atoms with E-state index in [0.29, 0.717) is 16.6 Å². The van der Waals surface area contributed by atoms with Crippen LogP contribution in [0.1, 0.15) is 22.9 Å². The van der Waals surface area contributed by atoms with Gasteiger partial charge in [0.15, 0.2) is 5.13 Å². The summed E-state index contributed by atoms with van der Waals surface area (Å²) >= 11 is 7.65. The summed E-state index contributed by atoms with van der Waals surface area (Å²) in [6, 6.07) is 7.36. The van der Waals surface area contributed by atoms with Gasteiger partial charge in [-0.15, -0.1) is 11.3 Å². The predicted molar refractivity (Wildman–Crippen MR) is 84.4 cm³/mol. The zero-order valence-corrected chi connectivity index (χ0v) is 13.0. The van der Waals surface area contributed by atoms with Gasteiger partial charge in [-0.1, -0.05) is 29.8 Å². The van der Waals surface area contributed by atoms with Gasteiger partial charge in [-0.05, 0) is 25.0 Å². The number of thiazole rings is 1. The van der Waals surface area contributed by atoms with E-state index in [1.54, 1.807) is 6.20 Å². The third kappa shape index (κ3) is 3.24. The Kier molecular flexibility index (Phi) is 4.21. The Morgan fingerprint density at radius 3 is 2.95 bits per heavy atom. The summed E-state index contributed by atoms with van der Waals surface area (Å²) in [6.45, 7) is 1.95. The number of nitrogens with zero attached hydrogens (tertiary/aromatic N) is 1. The molecule has 1 aromatic heterocycles. The van der Waals surface area contributed by atoms with Crippen molar-refractivity contribution in [3.8, 4) is 0 Å². The van der Waals surface area contributed by atoms with E-state index in [0.717, 1.165) is 10.4 Å². The van der Waals surface area contributed by atoms with Crippen LogP contribution < -0.4 is 16.2 Å². The summed E-state index contributed by atoms with van der Waals surface area (Å²) in [4.78, 5) is 17.4. The summed E-state index contributed by atoms with van der Waals surface area (Å²) in [5.41, 5.74) is 7.13. The molecule has 3 rings (SSSR count). The first-order valence-corrected chi connectivity index (χ1v) is 7.81. The molecule has 1 aliphatic rings. The van der Waals surface area contributed by atoms with Crippen LogP contribution in [0.5, 0.6) is 0 Å². The largest absolute Gasteiger partial charge is 0.301 e. The van der Waals surface area contributed by atoms with Crippen LogP contribution in [0.3, 0.4) is 0 Å². The number of hydrogen-bond acceptors (Lipinski definition) is 5. The molecular formula is C14H15ClN4OS. The Morgan fingerprint density at radius 2 is 2.24 bits per heavy atom. The molecule has 2 atom stereocenters. The van der Waals surface area contributed by atoms with Gasteiger partial charge in [-0.2, -0.15) is 0 Å². The van der Waals surface area contributed by atoms with Crippen LogP contribution in [0.25, 0.3) is 0 Å². The van der Waals surface area contributed by atoms with E-state index in [-0.39, 0.29) is 18.0 Å². The number of amides is 1. The molecule has 0 aliphatic carbocycles. The first-order valence-electron chi connectivity index (χ1n) is 6.62. The van der Waals surface area contributed by atoms with Crippen molar-refractivity contribution in [3.05, 3.63) is 45.9 Å². The van der Waals surface area contributed by atoms with E-state index in [1.165, 1.54) is 11.3 Å². The number of nitrogens with one attached hydrogen (secondary N) is 3. The Labute approximate surface area is 131 Å². The van der Waals surface area contributed by atoms with Crippen LogP contribution in [0.4, 0.5) is 5.13 Å². The number of aryl methyl sites for hydroxylation is 1. The second kappa shape index (κ2) is 6.11. The molecule has 21 heavy (non-hydrogen) atoms. The highest BCUT2D eigenvalue weighted by Crippen LogP contribution is 2.28. The Morgan fingerprint density at radius 1 is 1.43 bits per heavy atom. The standard InChI is InChI=1S/C14H15ClN4OS/c1-8-7-16-14(21-8)17-13(20)12-6-11(18-19-12)9-4-2-3-5-10(9)15/h2-5,7,11-12,18-19H,6H2,1H3,(H,16,17,20). The van der Waals surface area contributed by atoms with Gasteiger partial charge < -0.3 is 5.32 Å². The molecular weight excluding hydrogens is 308 g/mol. The third-order valence-corrected chi connectivity index (χ3v) is 4.52. The number of hydrogen-bond donors (Lipinski definition) is 3. The van der Waals surface area contributed by atoms with Crippen LogP contribution >= 0.6 is 22.9 Å². The molecule has 1 aromatic carbocycles. The van der Waals surface area contributed by atoms with Crippen molar-refractivity contribution >= 4 is 34.0 Å². The first-order chi connectivity index (χ1) is 10.1. The summed E-state index contributed by atoms with van der Waals surface area (Å²) in [7, 11) is 0. The molecule has 1 aliphatic heterocycles. The molecule has 7 heteroatoms. The molecule has 2 unspecified atom stereocenters. The van der Waals surface area contributed by atoms with E-state index < -0.39 is 0 Å². The number of carbonyl (C=O) groups is 1. The highest BCUT2D eigenvalue weighted by Gasteiger charge is 2.31. The molecule has 0 radical (unpaired) electrons. The highest BCUT2D eigenvalue weighted by atomic mass is 35.5. The molecule has 0 bridgehead atoms. The summed E-state index contributed by atoms with van der Waals surface area (Å²) in [6.07, 6.45) is 2.38. The fourth-order valence-electron chi connectivity index (χ4n) is 2.29. The van der Waals surface area contributed by atoms with Gasteiger partial charge in [0.1, 0.15) is 6.04 Å². The number of hydrazine groups is 1. The minimum atomic E-state index is -0.310. The summed E-state index contributed by atoms with van der Waals surface area (Å²) in [5.74, 6) is -0.0913. The average molecular weight is 323 g/mol. The van der Waals surface area contributed by atoms with Crippen molar-refractivity contribution in [1.82, 2.24) is 15.8 Å². The van der Waals surface area contributed by atoms with Crippen LogP contribution in [0.2, 0.25) is 5.02 Å². The minimum Gasteiger partial charge on any atom is -0.301 e. The Bertz CT molecular complexity index is 660. The Balaban J connectivity index is 1.64. The maximum atomic E-state index is 12.2. The number of anilines is 1. The molecule has 2 aromatic rings. The smallest absolute Gasteiger partial charge is 0.244 e. The fraction of sp³-hybridized carbons (Fsp3) is 0.286. The molecule has 1 amide bonds. The lowest BCUT2D eigenvalue weighted by Crippen LogP contribution is -2.39. The highest BCUT2D eigenvalue weighted by molar-refractivity contribution is 7.15. The van der Waals surface area contributed by atoms with Crippen molar-refractivity contribution in [3.63, 3.8) is 0 Å². The van der Waals surface area contributed by atoms with Crippen LogP contribution in [0.15, 0.2) is 30.5 Å². The molecule has 110 valence electrons. The Hall–Kier alpha value is -1.47. The number of carbonyl (C=O) groups excluding carboxylic acids is 1. The van der Waals surface area contributed by atoms with Crippen LogP contribution in [0, 0.1) is 6.92 Å². The maximum absolute atomic E-state index is 12.2. The summed E-state index contributed by atoms with van der Waals surface area (Å²) < 4.78 is 0. The van der Waals surface area contributed by atoms with Gasteiger partial charge in [-0.25, -0.2) is 15.8 Å². The quantitative estimate of drug-likeness (QED) is 0.813. The number of rotatable bonds is 3. The second-order valence-electron chi connectivity index (χ2n) is 4.92. The van der Waals surface area contributed by atoms with Gasteiger partial charge in [-0.3, -0.25) is 4.79 Å². The number of benzene rings is 1. The van der Waals surface area contributed by atoms with Crippen LogP contribution in [-0.2, 0) is 4.79 Å². The molecule has 2 heterocycles. The van der Waals surface area contributed by atoms with Crippen molar-refractivity contribution in [2.24, 2.45) is 0 Å². The van der Waals surface area contributed by atoms with Crippen LogP contribution in [-0.4, -0.2) is 16.9 Å². The summed E-state index contributed by atoms with van der Waals surface area (Å²) in [5, 5.41) is 4.15. The molecule has 3 N–H and O–H groups in total. The monoisotopic (exact) mass is 322 g/mol. The van der Waals surface area contributed by atoms with E-state index >= 15 is 0 Å². The van der Waals surface area contributed by atoms with E-state index in [9.17, 15) is 4.79 Å². The maximum Gasteiger partial charge on any atom is 0.244 e. The molecule has 0 spiro atoms. The fourth-order valence-corrected chi connectivity index (χ4v) is 3.23. The van der Waals surface area contributed by atoms with Gasteiger partial charge in [0, 0.05) is 22.1 Å². The van der Waals surface area contributed by atoms with E-state index in [2.05, 4.69) is 21.2 Å². The molecule has 5 nitrogen and oxygen atoms in total. The second-order valence-corrected chi connectivity index (χ2v) is 6.56. The lowest BCUT2D eigenvalue weighted by atomic mass is 10.0. The lowest BCUT2D eigenvalue weighted by Gasteiger charge is -2.11. The van der Waals surface area contributed by atoms with E-state index in [4.69, 9.17) is 11.6 Å². The van der Waals surface area contributed by atoms with Crippen molar-refractivity contribution < 1.29 is 4.79 Å². The SMILES string of the molecule is Cc1cnc(NC(=O)C2CC(c3ccccc3Cl)NN2)s1. The predicted octanol–water partition coefficient (Wildman–Crippen LogP) is 2.65. The molecule has 1 saturated heterocycles. The molecule has 1 fully saturated rings. The lowest BCUT2D eigenvalue weighted by molar-refractivity contribution is -0.117. The normalized spacial score (nSPS) is 21.4. The van der Waals surface area contributed by atoms with Gasteiger partial charge in [0.2, 0.25) is 5.91 Å². The average Bonchev–Trinajstić information content (AvgIpc) is 3.09. The third-order valence-electron chi connectivity index (χ3n) is 3.35. The van der Waals surface area contributed by atoms with Gasteiger partial charge in [0.05, 0.1) is 0 Å². The number of aromatic nitrogens is 1. The van der Waals surface area contributed by atoms with Gasteiger partial charge in [0.25, 0.3) is 0 Å². The van der Waals surface area contributed by atoms with Crippen molar-refractivity contribution in [1.29, 1.82) is 0 Å². The van der Waals surface area contributed by atoms with Crippen molar-refractivity contribution in [2.75, 3.05) is 5.32 Å². The minimum absolute atomic E-state index is 0.0208. The van der Waals surface area contributed by atoms with Gasteiger partial charge >= 0.3 is 0 Å². The zero-order chi connectivity index (χ0) is 14.8. The first kappa shape index (κ1) is 14.5. The van der Waals surface area contributed by atoms with Crippen molar-refractivity contribution in [2.45, 2.75) is 25.4 Å². The zero-order valence-electron chi connectivity index (χ0n) is 11.4. The molecule has 0 saturated carbocycles. The van der Waals surface area contributed by atoms with E-state index in [1.807, 2.05) is 31.2 Å². The topological polar surface area (TPSA) is 66.0 Å². The number of halogens is 1.